The number of ether oxygens (including phenoxy) is 2. The first-order valence-corrected chi connectivity index (χ1v) is 14.0. The molecular weight excluding hydrogens is 530 g/mol. The maximum Gasteiger partial charge on any atom is 0.310 e. The van der Waals surface area contributed by atoms with E-state index in [0.29, 0.717) is 31.1 Å². The Morgan fingerprint density at radius 3 is 2.71 bits per heavy atom. The summed E-state index contributed by atoms with van der Waals surface area (Å²) in [5, 5.41) is 12.9. The summed E-state index contributed by atoms with van der Waals surface area (Å²) < 4.78 is 11.9. The topological polar surface area (TPSA) is 127 Å². The summed E-state index contributed by atoms with van der Waals surface area (Å²) in [5.74, 6) is 6.23. The lowest BCUT2D eigenvalue weighted by molar-refractivity contribution is -0.147. The molecule has 4 aromatic rings. The third kappa shape index (κ3) is 5.45. The first-order valence-electron chi connectivity index (χ1n) is 14.0. The number of nitrogens with zero attached hydrogens (tertiary/aromatic N) is 3. The number of nitrogens with two attached hydrogens (primary N) is 2. The minimum absolute atomic E-state index is 0.482. The van der Waals surface area contributed by atoms with Gasteiger partial charge in [-0.2, -0.15) is 0 Å². The predicted octanol–water partition coefficient (Wildman–Crippen LogP) is 5.08. The van der Waals surface area contributed by atoms with E-state index in [2.05, 4.69) is 28.1 Å². The van der Waals surface area contributed by atoms with Crippen LogP contribution in [0.4, 0.5) is 11.4 Å². The molecule has 1 atom stereocenters. The van der Waals surface area contributed by atoms with Crippen LogP contribution in [0.25, 0.3) is 10.9 Å². The summed E-state index contributed by atoms with van der Waals surface area (Å²) in [5.41, 5.74) is 12.1. The fraction of sp³-hybridized carbons (Fsp3) is 0.333. The number of carboxylic acids is 1. The zero-order valence-electron chi connectivity index (χ0n) is 24.8. The summed E-state index contributed by atoms with van der Waals surface area (Å²) >= 11 is 0. The van der Waals surface area contributed by atoms with Crippen LogP contribution >= 0.6 is 0 Å². The zero-order valence-corrected chi connectivity index (χ0v) is 24.8. The lowest BCUT2D eigenvalue weighted by Gasteiger charge is -2.34. The number of methoxy groups -OCH3 is 1. The van der Waals surface area contributed by atoms with Crippen LogP contribution in [0, 0.1) is 12.3 Å². The average molecular weight is 570 g/mol. The molecule has 9 heteroatoms. The second-order valence-electron chi connectivity index (χ2n) is 11.6. The molecule has 5 N–H and O–H groups in total. The van der Waals surface area contributed by atoms with Crippen molar-refractivity contribution >= 4 is 28.2 Å². The van der Waals surface area contributed by atoms with Crippen molar-refractivity contribution in [2.45, 2.75) is 39.8 Å². The van der Waals surface area contributed by atoms with E-state index in [1.165, 1.54) is 5.01 Å². The van der Waals surface area contributed by atoms with E-state index in [1.807, 2.05) is 43.3 Å². The molecule has 0 amide bonds. The zero-order chi connectivity index (χ0) is 30.2. The van der Waals surface area contributed by atoms with Crippen molar-refractivity contribution in [1.29, 1.82) is 0 Å². The fourth-order valence-corrected chi connectivity index (χ4v) is 5.94. The van der Waals surface area contributed by atoms with Gasteiger partial charge in [-0.3, -0.25) is 14.7 Å². The molecule has 9 nitrogen and oxygen atoms in total. The number of benzene rings is 3. The molecule has 220 valence electrons. The number of pyridine rings is 1. The largest absolute Gasteiger partial charge is 0.496 e. The van der Waals surface area contributed by atoms with E-state index in [0.717, 1.165) is 56.8 Å². The highest BCUT2D eigenvalue weighted by atomic mass is 16.5. The fourth-order valence-electron chi connectivity index (χ4n) is 5.94. The van der Waals surface area contributed by atoms with Gasteiger partial charge in [-0.15, -0.1) is 0 Å². The van der Waals surface area contributed by atoms with Crippen LogP contribution in [0.1, 0.15) is 47.6 Å². The molecule has 0 fully saturated rings. The number of fused-ring (bicyclic) bond motifs is 2. The second-order valence-corrected chi connectivity index (χ2v) is 11.6. The van der Waals surface area contributed by atoms with Crippen LogP contribution in [0.3, 0.4) is 0 Å². The SMILES string of the molecule is COc1ccc(C(c2ccc(N(C)N)c(N)c2C)C(C)(C)C(=O)O)cc1CN1CCOc2cc3cccnc3cc2C1. The van der Waals surface area contributed by atoms with Crippen LogP contribution < -0.4 is 26.1 Å². The molecule has 1 aromatic heterocycles. The number of aliphatic carboxylic acids is 1. The molecule has 0 radical (unpaired) electrons. The van der Waals surface area contributed by atoms with Crippen molar-refractivity contribution in [3.05, 3.63) is 88.6 Å². The number of hydrogen-bond acceptors (Lipinski definition) is 8. The van der Waals surface area contributed by atoms with Crippen LogP contribution in [0.2, 0.25) is 0 Å². The monoisotopic (exact) mass is 569 g/mol. The Balaban J connectivity index is 1.54. The molecule has 0 aliphatic carbocycles. The first kappa shape index (κ1) is 29.2. The van der Waals surface area contributed by atoms with Crippen molar-refractivity contribution < 1.29 is 19.4 Å². The van der Waals surface area contributed by atoms with Crippen molar-refractivity contribution in [1.82, 2.24) is 9.88 Å². The number of hydrogen-bond donors (Lipinski definition) is 3. The summed E-state index contributed by atoms with van der Waals surface area (Å²) in [6.45, 7) is 7.98. The van der Waals surface area contributed by atoms with Crippen LogP contribution in [0.5, 0.6) is 11.5 Å². The van der Waals surface area contributed by atoms with Crippen molar-refractivity contribution in [2.75, 3.05) is 38.1 Å². The van der Waals surface area contributed by atoms with E-state index in [9.17, 15) is 9.90 Å². The quantitative estimate of drug-likeness (QED) is 0.151. The molecule has 0 spiro atoms. The van der Waals surface area contributed by atoms with Crippen LogP contribution in [-0.4, -0.2) is 48.3 Å². The third-order valence-electron chi connectivity index (χ3n) is 8.37. The van der Waals surface area contributed by atoms with Gasteiger partial charge in [0, 0.05) is 55.3 Å². The van der Waals surface area contributed by atoms with E-state index in [-0.39, 0.29) is 0 Å². The van der Waals surface area contributed by atoms with Gasteiger partial charge >= 0.3 is 5.97 Å². The molecule has 1 aliphatic rings. The Labute approximate surface area is 246 Å². The molecule has 0 saturated heterocycles. The van der Waals surface area contributed by atoms with Gasteiger partial charge in [0.2, 0.25) is 0 Å². The minimum Gasteiger partial charge on any atom is -0.496 e. The molecule has 42 heavy (non-hydrogen) atoms. The maximum atomic E-state index is 12.6. The van der Waals surface area contributed by atoms with E-state index in [1.54, 1.807) is 34.2 Å². The average Bonchev–Trinajstić information content (AvgIpc) is 3.15. The summed E-state index contributed by atoms with van der Waals surface area (Å²) in [6, 6.07) is 17.9. The smallest absolute Gasteiger partial charge is 0.310 e. The predicted molar refractivity (Wildman–Crippen MR) is 166 cm³/mol. The highest BCUT2D eigenvalue weighted by Gasteiger charge is 2.40. The summed E-state index contributed by atoms with van der Waals surface area (Å²) in [6.07, 6.45) is 1.80. The lowest BCUT2D eigenvalue weighted by Crippen LogP contribution is -2.33. The third-order valence-corrected chi connectivity index (χ3v) is 8.37. The molecular formula is C33H39N5O4. The number of anilines is 2. The van der Waals surface area contributed by atoms with Crippen molar-refractivity contribution in [3.8, 4) is 11.5 Å². The Morgan fingerprint density at radius 1 is 1.21 bits per heavy atom. The van der Waals surface area contributed by atoms with Gasteiger partial charge in [0.1, 0.15) is 18.1 Å². The van der Waals surface area contributed by atoms with Crippen molar-refractivity contribution in [2.24, 2.45) is 11.3 Å². The Kier molecular flexibility index (Phi) is 7.99. The first-order chi connectivity index (χ1) is 20.0. The van der Waals surface area contributed by atoms with Gasteiger partial charge in [0.05, 0.1) is 29.4 Å². The number of hydrazine groups is 1. The Hall–Kier alpha value is -4.34. The number of carbonyl (C=O) groups is 1. The second kappa shape index (κ2) is 11.5. The molecule has 5 rings (SSSR count). The number of rotatable bonds is 8. The van der Waals surface area contributed by atoms with E-state index in [4.69, 9.17) is 21.1 Å². The highest BCUT2D eigenvalue weighted by Crippen LogP contribution is 2.45. The van der Waals surface area contributed by atoms with Gasteiger partial charge in [0.25, 0.3) is 0 Å². The lowest BCUT2D eigenvalue weighted by atomic mass is 9.69. The molecule has 1 unspecified atom stereocenters. The van der Waals surface area contributed by atoms with Gasteiger partial charge < -0.3 is 25.3 Å². The van der Waals surface area contributed by atoms with E-state index >= 15 is 0 Å². The molecule has 1 aliphatic heterocycles. The summed E-state index contributed by atoms with van der Waals surface area (Å²) in [4.78, 5) is 19.5. The maximum absolute atomic E-state index is 12.6. The number of carboxylic acid groups (broad SMARTS) is 1. The standard InChI is InChI=1S/C33H39N5O4/c1-20-25(9-10-27(31(20)34)37(4)35)30(33(2,3)32(39)40)22-8-11-28(41-5)23(15-22)18-38-13-14-42-29-17-21-7-6-12-36-26(21)16-24(29)19-38/h6-12,15-17,30H,13-14,18-19,34-35H2,1-5H3,(H,39,40). The molecule has 0 bridgehead atoms. The number of nitrogen functional groups attached to an aromatic ring is 1. The van der Waals surface area contributed by atoms with E-state index < -0.39 is 17.3 Å². The van der Waals surface area contributed by atoms with Gasteiger partial charge in [0.15, 0.2) is 0 Å². The normalized spacial score (nSPS) is 14.5. The molecule has 3 aromatic carbocycles. The van der Waals surface area contributed by atoms with Gasteiger partial charge in [-0.1, -0.05) is 24.3 Å². The molecule has 0 saturated carbocycles. The molecule has 2 heterocycles. The number of aromatic nitrogens is 1. The van der Waals surface area contributed by atoms with Gasteiger partial charge in [-0.25, -0.2) is 5.84 Å². The Morgan fingerprint density at radius 2 is 2.00 bits per heavy atom. The van der Waals surface area contributed by atoms with Crippen LogP contribution in [0.15, 0.2) is 60.8 Å². The summed E-state index contributed by atoms with van der Waals surface area (Å²) in [7, 11) is 3.38. The Bertz CT molecular complexity index is 1630. The van der Waals surface area contributed by atoms with Gasteiger partial charge in [-0.05, 0) is 67.8 Å². The van der Waals surface area contributed by atoms with Crippen LogP contribution in [-0.2, 0) is 17.9 Å². The van der Waals surface area contributed by atoms with Crippen molar-refractivity contribution in [3.63, 3.8) is 0 Å². The highest BCUT2D eigenvalue weighted by molar-refractivity contribution is 5.81. The minimum atomic E-state index is -1.14.